The van der Waals surface area contributed by atoms with Gasteiger partial charge in [-0.15, -0.1) is 0 Å². The Bertz CT molecular complexity index is 377. The Labute approximate surface area is 94.3 Å². The zero-order valence-electron chi connectivity index (χ0n) is 9.43. The fourth-order valence-electron chi connectivity index (χ4n) is 1.32. The summed E-state index contributed by atoms with van der Waals surface area (Å²) in [4.78, 5) is 10.1. The summed E-state index contributed by atoms with van der Waals surface area (Å²) < 4.78 is 0. The molecule has 16 heavy (non-hydrogen) atoms. The molecule has 0 aliphatic heterocycles. The molecule has 0 fully saturated rings. The number of aromatic hydroxyl groups is 1. The average molecular weight is 224 g/mol. The summed E-state index contributed by atoms with van der Waals surface area (Å²) in [6.45, 7) is 5.38. The molecule has 1 aromatic carbocycles. The summed E-state index contributed by atoms with van der Waals surface area (Å²) in [6, 6.07) is 4.04. The summed E-state index contributed by atoms with van der Waals surface area (Å²) >= 11 is 0. The number of nitrogens with zero attached hydrogens (tertiary/aromatic N) is 1. The zero-order valence-corrected chi connectivity index (χ0v) is 9.43. The lowest BCUT2D eigenvalue weighted by Gasteiger charge is -2.08. The molecule has 0 spiro atoms. The van der Waals surface area contributed by atoms with Crippen LogP contribution in [0.25, 0.3) is 0 Å². The van der Waals surface area contributed by atoms with Crippen LogP contribution in [0.1, 0.15) is 19.4 Å². The predicted molar refractivity (Wildman–Crippen MR) is 61.3 cm³/mol. The van der Waals surface area contributed by atoms with E-state index in [4.69, 9.17) is 0 Å². The number of nitro groups is 1. The van der Waals surface area contributed by atoms with Gasteiger partial charge in [0.2, 0.25) is 0 Å². The van der Waals surface area contributed by atoms with Gasteiger partial charge in [0.15, 0.2) is 0 Å². The Morgan fingerprint density at radius 1 is 1.50 bits per heavy atom. The molecule has 0 atom stereocenters. The highest BCUT2D eigenvalue weighted by Crippen LogP contribution is 2.22. The van der Waals surface area contributed by atoms with Crippen LogP contribution < -0.4 is 5.32 Å². The van der Waals surface area contributed by atoms with Crippen molar-refractivity contribution < 1.29 is 10.0 Å². The van der Waals surface area contributed by atoms with Gasteiger partial charge in [0.25, 0.3) is 5.69 Å². The van der Waals surface area contributed by atoms with Gasteiger partial charge in [-0.3, -0.25) is 10.1 Å². The van der Waals surface area contributed by atoms with Crippen molar-refractivity contribution >= 4 is 5.69 Å². The van der Waals surface area contributed by atoms with E-state index in [-0.39, 0.29) is 11.4 Å². The topological polar surface area (TPSA) is 75.4 Å². The lowest BCUT2D eigenvalue weighted by atomic mass is 10.1. The first kappa shape index (κ1) is 12.4. The van der Waals surface area contributed by atoms with Crippen molar-refractivity contribution in [3.63, 3.8) is 0 Å². The number of non-ortho nitro benzene ring substituents is 1. The molecule has 88 valence electrons. The van der Waals surface area contributed by atoms with E-state index in [0.29, 0.717) is 18.0 Å². The van der Waals surface area contributed by atoms with E-state index < -0.39 is 4.92 Å². The quantitative estimate of drug-likeness (QED) is 0.592. The highest BCUT2D eigenvalue weighted by atomic mass is 16.6. The van der Waals surface area contributed by atoms with Crippen molar-refractivity contribution in [1.29, 1.82) is 0 Å². The van der Waals surface area contributed by atoms with Crippen LogP contribution in [0.5, 0.6) is 5.75 Å². The lowest BCUT2D eigenvalue weighted by molar-refractivity contribution is -0.384. The van der Waals surface area contributed by atoms with Crippen LogP contribution in [0, 0.1) is 16.0 Å². The van der Waals surface area contributed by atoms with Crippen LogP contribution in [0.4, 0.5) is 5.69 Å². The van der Waals surface area contributed by atoms with E-state index in [9.17, 15) is 15.2 Å². The Kier molecular flexibility index (Phi) is 4.25. The highest BCUT2D eigenvalue weighted by molar-refractivity contribution is 5.42. The summed E-state index contributed by atoms with van der Waals surface area (Å²) in [6.07, 6.45) is 0. The average Bonchev–Trinajstić information content (AvgIpc) is 2.20. The third-order valence-corrected chi connectivity index (χ3v) is 2.14. The smallest absolute Gasteiger partial charge is 0.270 e. The molecule has 0 saturated heterocycles. The molecule has 0 aliphatic carbocycles. The van der Waals surface area contributed by atoms with Gasteiger partial charge in [0.05, 0.1) is 4.92 Å². The second-order valence-electron chi connectivity index (χ2n) is 4.09. The Hall–Kier alpha value is -1.62. The van der Waals surface area contributed by atoms with E-state index in [0.717, 1.165) is 6.54 Å². The summed E-state index contributed by atoms with van der Waals surface area (Å²) in [5.41, 5.74) is 0.550. The van der Waals surface area contributed by atoms with E-state index in [1.54, 1.807) is 0 Å². The van der Waals surface area contributed by atoms with Crippen LogP contribution in [0.15, 0.2) is 18.2 Å². The maximum absolute atomic E-state index is 10.5. The van der Waals surface area contributed by atoms with Crippen molar-refractivity contribution in [3.05, 3.63) is 33.9 Å². The fourth-order valence-corrected chi connectivity index (χ4v) is 1.32. The molecule has 0 aromatic heterocycles. The molecule has 1 rings (SSSR count). The monoisotopic (exact) mass is 224 g/mol. The van der Waals surface area contributed by atoms with Crippen molar-refractivity contribution in [2.24, 2.45) is 5.92 Å². The first-order valence-electron chi connectivity index (χ1n) is 5.17. The van der Waals surface area contributed by atoms with Crippen molar-refractivity contribution in [3.8, 4) is 5.75 Å². The normalized spacial score (nSPS) is 10.7. The number of phenolic OH excluding ortho intramolecular Hbond substituents is 1. The van der Waals surface area contributed by atoms with Gasteiger partial charge in [-0.1, -0.05) is 13.8 Å². The van der Waals surface area contributed by atoms with Crippen LogP contribution in [0.2, 0.25) is 0 Å². The lowest BCUT2D eigenvalue weighted by Crippen LogP contribution is -2.19. The van der Waals surface area contributed by atoms with Crippen LogP contribution >= 0.6 is 0 Å². The number of hydrogen-bond donors (Lipinski definition) is 2. The molecule has 5 heteroatoms. The molecule has 0 unspecified atom stereocenters. The van der Waals surface area contributed by atoms with Gasteiger partial charge in [-0.25, -0.2) is 0 Å². The van der Waals surface area contributed by atoms with Gasteiger partial charge >= 0.3 is 0 Å². The number of nitrogens with one attached hydrogen (secondary N) is 1. The van der Waals surface area contributed by atoms with Crippen LogP contribution in [0.3, 0.4) is 0 Å². The molecule has 0 saturated carbocycles. The van der Waals surface area contributed by atoms with E-state index in [1.807, 2.05) is 0 Å². The number of rotatable bonds is 5. The van der Waals surface area contributed by atoms with Gasteiger partial charge in [0.1, 0.15) is 5.75 Å². The molecule has 1 aromatic rings. The second-order valence-corrected chi connectivity index (χ2v) is 4.09. The summed E-state index contributed by atoms with van der Waals surface area (Å²) in [5, 5.41) is 23.2. The highest BCUT2D eigenvalue weighted by Gasteiger charge is 2.09. The molecular formula is C11H16N2O3. The molecule has 2 N–H and O–H groups in total. The van der Waals surface area contributed by atoms with Crippen LogP contribution in [-0.2, 0) is 6.54 Å². The summed E-state index contributed by atoms with van der Waals surface area (Å²) in [5.74, 6) is 0.586. The van der Waals surface area contributed by atoms with Gasteiger partial charge in [-0.2, -0.15) is 0 Å². The fraction of sp³-hybridized carbons (Fsp3) is 0.455. The SMILES string of the molecule is CC(C)CNCc1cc([N+](=O)[O-])ccc1O. The molecule has 5 nitrogen and oxygen atoms in total. The van der Waals surface area contributed by atoms with Gasteiger partial charge < -0.3 is 10.4 Å². The standard InChI is InChI=1S/C11H16N2O3/c1-8(2)6-12-7-9-5-10(13(15)16)3-4-11(9)14/h3-5,8,12,14H,6-7H2,1-2H3. The van der Waals surface area contributed by atoms with E-state index >= 15 is 0 Å². The third-order valence-electron chi connectivity index (χ3n) is 2.14. The number of benzene rings is 1. The van der Waals surface area contributed by atoms with Gasteiger partial charge in [-0.05, 0) is 18.5 Å². The molecule has 0 amide bonds. The number of nitro benzene ring substituents is 1. The van der Waals surface area contributed by atoms with Crippen molar-refractivity contribution in [2.45, 2.75) is 20.4 Å². The Morgan fingerprint density at radius 3 is 2.75 bits per heavy atom. The van der Waals surface area contributed by atoms with E-state index in [2.05, 4.69) is 19.2 Å². The van der Waals surface area contributed by atoms with Crippen molar-refractivity contribution in [1.82, 2.24) is 5.32 Å². The van der Waals surface area contributed by atoms with Gasteiger partial charge in [0, 0.05) is 24.2 Å². The minimum absolute atomic E-state index is 0.000790. The minimum Gasteiger partial charge on any atom is -0.508 e. The molecule has 0 heterocycles. The number of hydrogen-bond acceptors (Lipinski definition) is 4. The molecule has 0 aliphatic rings. The predicted octanol–water partition coefficient (Wildman–Crippen LogP) is 2.05. The Balaban J connectivity index is 2.70. The first-order valence-corrected chi connectivity index (χ1v) is 5.17. The molecular weight excluding hydrogens is 208 g/mol. The van der Waals surface area contributed by atoms with Crippen LogP contribution in [-0.4, -0.2) is 16.6 Å². The maximum Gasteiger partial charge on any atom is 0.270 e. The molecule has 0 radical (unpaired) electrons. The maximum atomic E-state index is 10.5. The third kappa shape index (κ3) is 3.51. The molecule has 0 bridgehead atoms. The number of phenols is 1. The Morgan fingerprint density at radius 2 is 2.19 bits per heavy atom. The zero-order chi connectivity index (χ0) is 12.1. The minimum atomic E-state index is -0.467. The second kappa shape index (κ2) is 5.46. The largest absolute Gasteiger partial charge is 0.508 e. The van der Waals surface area contributed by atoms with Crippen molar-refractivity contribution in [2.75, 3.05) is 6.54 Å². The van der Waals surface area contributed by atoms with E-state index in [1.165, 1.54) is 18.2 Å². The first-order chi connectivity index (χ1) is 7.50. The summed E-state index contributed by atoms with van der Waals surface area (Å²) in [7, 11) is 0.